The highest BCUT2D eigenvalue weighted by molar-refractivity contribution is 9.10. The standard InChI is InChI=1S/C26H19BrN2O4/c1-16-6-8-17(9-7-16)26(32)33-24-11-10-21(27)12-20(24)15-28-29-25(31)22-13-18-4-2-3-5-19(18)14-23(22)30/h2-15,30H,1H3,(H,29,31)/b28-15-. The second kappa shape index (κ2) is 9.67. The van der Waals surface area contributed by atoms with Gasteiger partial charge in [0.25, 0.3) is 5.91 Å². The molecular formula is C26H19BrN2O4. The third-order valence-corrected chi connectivity index (χ3v) is 5.43. The summed E-state index contributed by atoms with van der Waals surface area (Å²) in [5.74, 6) is -0.924. The van der Waals surface area contributed by atoms with Crippen molar-refractivity contribution in [2.24, 2.45) is 5.10 Å². The van der Waals surface area contributed by atoms with E-state index in [9.17, 15) is 14.7 Å². The summed E-state index contributed by atoms with van der Waals surface area (Å²) in [6.45, 7) is 1.93. The molecule has 0 aliphatic rings. The number of hydrazone groups is 1. The lowest BCUT2D eigenvalue weighted by Gasteiger charge is -2.09. The molecule has 0 unspecified atom stereocenters. The molecule has 0 heterocycles. The molecule has 0 fully saturated rings. The Morgan fingerprint density at radius 2 is 1.67 bits per heavy atom. The summed E-state index contributed by atoms with van der Waals surface area (Å²) >= 11 is 3.38. The Morgan fingerprint density at radius 3 is 2.39 bits per heavy atom. The van der Waals surface area contributed by atoms with Gasteiger partial charge in [-0.15, -0.1) is 0 Å². The molecule has 4 aromatic rings. The van der Waals surface area contributed by atoms with E-state index in [4.69, 9.17) is 4.74 Å². The summed E-state index contributed by atoms with van der Waals surface area (Å²) < 4.78 is 6.28. The first kappa shape index (κ1) is 22.2. The maximum Gasteiger partial charge on any atom is 0.343 e. The SMILES string of the molecule is Cc1ccc(C(=O)Oc2ccc(Br)cc2/C=N\NC(=O)c2cc3ccccc3cc2O)cc1. The van der Waals surface area contributed by atoms with Gasteiger partial charge in [0.05, 0.1) is 17.3 Å². The molecule has 6 nitrogen and oxygen atoms in total. The number of aryl methyl sites for hydroxylation is 1. The summed E-state index contributed by atoms with van der Waals surface area (Å²) in [7, 11) is 0. The normalized spacial score (nSPS) is 11.0. The predicted octanol–water partition coefficient (Wildman–Crippen LogP) is 5.60. The van der Waals surface area contributed by atoms with E-state index < -0.39 is 11.9 Å². The molecule has 7 heteroatoms. The van der Waals surface area contributed by atoms with Gasteiger partial charge in [-0.1, -0.05) is 57.9 Å². The van der Waals surface area contributed by atoms with Crippen LogP contribution in [0.2, 0.25) is 0 Å². The number of nitrogens with zero attached hydrogens (tertiary/aromatic N) is 1. The van der Waals surface area contributed by atoms with Crippen molar-refractivity contribution >= 4 is 44.8 Å². The average Bonchev–Trinajstić information content (AvgIpc) is 2.80. The van der Waals surface area contributed by atoms with Crippen LogP contribution in [0.25, 0.3) is 10.8 Å². The van der Waals surface area contributed by atoms with Gasteiger partial charge in [0, 0.05) is 10.0 Å². The van der Waals surface area contributed by atoms with Crippen molar-refractivity contribution in [1.29, 1.82) is 0 Å². The van der Waals surface area contributed by atoms with E-state index in [-0.39, 0.29) is 17.1 Å². The average molecular weight is 503 g/mol. The van der Waals surface area contributed by atoms with Crippen molar-refractivity contribution in [2.75, 3.05) is 0 Å². The maximum absolute atomic E-state index is 12.6. The number of halogens is 1. The van der Waals surface area contributed by atoms with Gasteiger partial charge < -0.3 is 9.84 Å². The topological polar surface area (TPSA) is 88.0 Å². The van der Waals surface area contributed by atoms with Crippen LogP contribution in [0.1, 0.15) is 31.8 Å². The van der Waals surface area contributed by atoms with Gasteiger partial charge in [-0.2, -0.15) is 5.10 Å². The predicted molar refractivity (Wildman–Crippen MR) is 131 cm³/mol. The number of fused-ring (bicyclic) bond motifs is 1. The number of hydrogen-bond donors (Lipinski definition) is 2. The number of phenolic OH excluding ortho intramolecular Hbond substituents is 1. The molecule has 0 saturated carbocycles. The molecule has 4 aromatic carbocycles. The van der Waals surface area contributed by atoms with E-state index in [1.807, 2.05) is 43.3 Å². The Bertz CT molecular complexity index is 1380. The Kier molecular flexibility index (Phi) is 6.51. The maximum atomic E-state index is 12.6. The molecule has 0 spiro atoms. The summed E-state index contributed by atoms with van der Waals surface area (Å²) in [4.78, 5) is 25.1. The molecule has 4 rings (SSSR count). The lowest BCUT2D eigenvalue weighted by Crippen LogP contribution is -2.18. The van der Waals surface area contributed by atoms with Gasteiger partial charge >= 0.3 is 5.97 Å². The van der Waals surface area contributed by atoms with E-state index in [1.165, 1.54) is 12.3 Å². The number of aromatic hydroxyl groups is 1. The highest BCUT2D eigenvalue weighted by Gasteiger charge is 2.13. The van der Waals surface area contributed by atoms with Gasteiger partial charge in [-0.05, 0) is 60.2 Å². The van der Waals surface area contributed by atoms with Gasteiger partial charge in [0.15, 0.2) is 0 Å². The molecule has 0 atom stereocenters. The second-order valence-corrected chi connectivity index (χ2v) is 8.27. The van der Waals surface area contributed by atoms with E-state index in [1.54, 1.807) is 36.4 Å². The first-order valence-corrected chi connectivity index (χ1v) is 10.8. The second-order valence-electron chi connectivity index (χ2n) is 7.35. The first-order valence-electron chi connectivity index (χ1n) is 10.0. The lowest BCUT2D eigenvalue weighted by molar-refractivity contribution is 0.0734. The van der Waals surface area contributed by atoms with Crippen molar-refractivity contribution in [3.63, 3.8) is 0 Å². The monoisotopic (exact) mass is 502 g/mol. The van der Waals surface area contributed by atoms with Crippen LogP contribution in [0.3, 0.4) is 0 Å². The molecule has 33 heavy (non-hydrogen) atoms. The molecule has 2 N–H and O–H groups in total. The van der Waals surface area contributed by atoms with Crippen molar-refractivity contribution in [1.82, 2.24) is 5.43 Å². The number of ether oxygens (including phenoxy) is 1. The Hall–Kier alpha value is -3.97. The van der Waals surface area contributed by atoms with Crippen molar-refractivity contribution < 1.29 is 19.4 Å². The highest BCUT2D eigenvalue weighted by Crippen LogP contribution is 2.25. The number of esters is 1. The molecular weight excluding hydrogens is 484 g/mol. The molecule has 0 aliphatic heterocycles. The smallest absolute Gasteiger partial charge is 0.343 e. The summed E-state index contributed by atoms with van der Waals surface area (Å²) in [6, 6.07) is 22.7. The van der Waals surface area contributed by atoms with Crippen LogP contribution in [0, 0.1) is 6.92 Å². The largest absolute Gasteiger partial charge is 0.507 e. The number of phenols is 1. The zero-order valence-corrected chi connectivity index (χ0v) is 19.2. The minimum absolute atomic E-state index is 0.103. The van der Waals surface area contributed by atoms with Crippen LogP contribution in [-0.4, -0.2) is 23.2 Å². The fraction of sp³-hybridized carbons (Fsp3) is 0.0385. The molecule has 1 amide bonds. The van der Waals surface area contributed by atoms with Gasteiger partial charge in [-0.25, -0.2) is 10.2 Å². The third-order valence-electron chi connectivity index (χ3n) is 4.94. The summed E-state index contributed by atoms with van der Waals surface area (Å²) in [6.07, 6.45) is 1.37. The van der Waals surface area contributed by atoms with Gasteiger partial charge in [0.1, 0.15) is 11.5 Å². The van der Waals surface area contributed by atoms with Crippen molar-refractivity contribution in [3.05, 3.63) is 106 Å². The Labute approximate surface area is 198 Å². The number of amides is 1. The van der Waals surface area contributed by atoms with Crippen LogP contribution in [-0.2, 0) is 0 Å². The number of nitrogens with one attached hydrogen (secondary N) is 1. The van der Waals surface area contributed by atoms with Crippen LogP contribution < -0.4 is 10.2 Å². The van der Waals surface area contributed by atoms with E-state index >= 15 is 0 Å². The van der Waals surface area contributed by atoms with Crippen LogP contribution >= 0.6 is 15.9 Å². The quantitative estimate of drug-likeness (QED) is 0.161. The van der Waals surface area contributed by atoms with Crippen molar-refractivity contribution in [2.45, 2.75) is 6.92 Å². The van der Waals surface area contributed by atoms with Crippen LogP contribution in [0.4, 0.5) is 0 Å². The summed E-state index contributed by atoms with van der Waals surface area (Å²) in [5.41, 5.74) is 4.45. The Balaban J connectivity index is 1.51. The van der Waals surface area contributed by atoms with E-state index in [0.717, 1.165) is 20.8 Å². The number of carbonyl (C=O) groups is 2. The summed E-state index contributed by atoms with van der Waals surface area (Å²) in [5, 5.41) is 15.9. The number of hydrogen-bond acceptors (Lipinski definition) is 5. The molecule has 164 valence electrons. The minimum Gasteiger partial charge on any atom is -0.507 e. The lowest BCUT2D eigenvalue weighted by atomic mass is 10.1. The van der Waals surface area contributed by atoms with Crippen molar-refractivity contribution in [3.8, 4) is 11.5 Å². The van der Waals surface area contributed by atoms with E-state index in [2.05, 4.69) is 26.5 Å². The zero-order chi connectivity index (χ0) is 23.4. The molecule has 0 bridgehead atoms. The minimum atomic E-state index is -0.567. The zero-order valence-electron chi connectivity index (χ0n) is 17.6. The highest BCUT2D eigenvalue weighted by atomic mass is 79.9. The number of rotatable bonds is 5. The van der Waals surface area contributed by atoms with E-state index in [0.29, 0.717) is 11.1 Å². The van der Waals surface area contributed by atoms with Crippen LogP contribution in [0.5, 0.6) is 11.5 Å². The number of carbonyl (C=O) groups excluding carboxylic acids is 2. The fourth-order valence-electron chi connectivity index (χ4n) is 3.19. The fourth-order valence-corrected chi connectivity index (χ4v) is 3.57. The van der Waals surface area contributed by atoms with Gasteiger partial charge in [-0.3, -0.25) is 4.79 Å². The Morgan fingerprint density at radius 1 is 0.970 bits per heavy atom. The molecule has 0 aromatic heterocycles. The third kappa shape index (κ3) is 5.27. The first-order chi connectivity index (χ1) is 15.9. The van der Waals surface area contributed by atoms with Crippen LogP contribution in [0.15, 0.2) is 88.4 Å². The molecule has 0 saturated heterocycles. The molecule has 0 aliphatic carbocycles. The molecule has 0 radical (unpaired) electrons. The van der Waals surface area contributed by atoms with Gasteiger partial charge in [0.2, 0.25) is 0 Å². The number of benzene rings is 4.